The first-order chi connectivity index (χ1) is 15.4. The second-order valence-corrected chi connectivity index (χ2v) is 9.90. The molecule has 1 aromatic carbocycles. The molecule has 33 heavy (non-hydrogen) atoms. The molecule has 0 spiro atoms. The lowest BCUT2D eigenvalue weighted by molar-refractivity contribution is -0.0429. The van der Waals surface area contributed by atoms with Crippen LogP contribution in [0.5, 0.6) is 0 Å². The van der Waals surface area contributed by atoms with E-state index in [0.29, 0.717) is 18.5 Å². The molecule has 0 bridgehead atoms. The zero-order chi connectivity index (χ0) is 24.4. The third kappa shape index (κ3) is 5.58. The van der Waals surface area contributed by atoms with Gasteiger partial charge in [-0.2, -0.15) is 21.6 Å². The van der Waals surface area contributed by atoms with Crippen LogP contribution in [0, 0.1) is 0 Å². The van der Waals surface area contributed by atoms with Crippen molar-refractivity contribution in [3.05, 3.63) is 22.7 Å². The van der Waals surface area contributed by atoms with Gasteiger partial charge in [0.2, 0.25) is 5.01 Å². The number of esters is 1. The van der Waals surface area contributed by atoms with Gasteiger partial charge in [-0.05, 0) is 43.9 Å². The Morgan fingerprint density at radius 1 is 1.33 bits per heavy atom. The minimum Gasteiger partial charge on any atom is -0.460 e. The monoisotopic (exact) mass is 506 g/mol. The maximum absolute atomic E-state index is 13.0. The number of nitrogens with one attached hydrogen (secondary N) is 1. The van der Waals surface area contributed by atoms with E-state index < -0.39 is 21.5 Å². The van der Waals surface area contributed by atoms with Crippen molar-refractivity contribution in [2.45, 2.75) is 44.7 Å². The Bertz CT molecular complexity index is 1170. The molecule has 3 rings (SSSR count). The number of fused-ring (bicyclic) bond motifs is 1. The van der Waals surface area contributed by atoms with Crippen LogP contribution in [0.4, 0.5) is 35.4 Å². The Kier molecular flexibility index (Phi) is 7.21. The van der Waals surface area contributed by atoms with Crippen molar-refractivity contribution in [1.29, 1.82) is 0 Å². The van der Waals surface area contributed by atoms with Crippen molar-refractivity contribution in [2.75, 3.05) is 23.3 Å². The lowest BCUT2D eigenvalue weighted by Crippen LogP contribution is -2.34. The molecule has 1 unspecified atom stereocenters. The summed E-state index contributed by atoms with van der Waals surface area (Å²) in [5.41, 5.74) is -4.66. The van der Waals surface area contributed by atoms with Gasteiger partial charge in [-0.15, -0.1) is 20.4 Å². The first kappa shape index (κ1) is 24.8. The number of hydrogen-bond acceptors (Lipinski definition) is 10. The first-order valence-corrected chi connectivity index (χ1v) is 12.1. The number of benzene rings is 1. The quantitative estimate of drug-likeness (QED) is 0.431. The summed E-state index contributed by atoms with van der Waals surface area (Å²) in [6.45, 7) is 3.99. The maximum atomic E-state index is 13.0. The van der Waals surface area contributed by atoms with E-state index in [2.05, 4.69) is 20.4 Å². The van der Waals surface area contributed by atoms with Gasteiger partial charge in [-0.1, -0.05) is 18.3 Å². The second-order valence-electron chi connectivity index (χ2n) is 7.27. The van der Waals surface area contributed by atoms with Gasteiger partial charge < -0.3 is 9.64 Å². The van der Waals surface area contributed by atoms with Crippen LogP contribution in [0.2, 0.25) is 0 Å². The van der Waals surface area contributed by atoms with E-state index in [9.17, 15) is 26.4 Å². The number of halogens is 3. The van der Waals surface area contributed by atoms with Crippen LogP contribution in [0.15, 0.2) is 22.4 Å². The number of carbonyl (C=O) groups excluding carboxylic acids is 1. The molecule has 10 nitrogen and oxygen atoms in total. The van der Waals surface area contributed by atoms with Crippen molar-refractivity contribution in [3.63, 3.8) is 0 Å². The van der Waals surface area contributed by atoms with Crippen LogP contribution in [-0.2, 0) is 21.2 Å². The number of alkyl halides is 3. The second kappa shape index (κ2) is 9.59. The molecular formula is C18H21F3N6O4S2. The molecule has 0 amide bonds. The van der Waals surface area contributed by atoms with Crippen LogP contribution >= 0.6 is 11.3 Å². The van der Waals surface area contributed by atoms with Gasteiger partial charge in [0, 0.05) is 18.8 Å². The van der Waals surface area contributed by atoms with E-state index in [-0.39, 0.29) is 34.2 Å². The summed E-state index contributed by atoms with van der Waals surface area (Å²) in [6.07, 6.45) is 2.05. The summed E-state index contributed by atoms with van der Waals surface area (Å²) in [5.74, 6) is -0.680. The number of carbonyl (C=O) groups is 1. The zero-order valence-corrected chi connectivity index (χ0v) is 19.5. The molecular weight excluding hydrogens is 485 g/mol. The van der Waals surface area contributed by atoms with Gasteiger partial charge in [0.15, 0.2) is 0 Å². The lowest BCUT2D eigenvalue weighted by atomic mass is 9.96. The molecule has 2 aromatic rings. The van der Waals surface area contributed by atoms with Gasteiger partial charge in [0.1, 0.15) is 5.69 Å². The minimum absolute atomic E-state index is 0.0495. The molecule has 1 N–H and O–H groups in total. The van der Waals surface area contributed by atoms with Crippen molar-refractivity contribution in [3.8, 4) is 0 Å². The Hall–Kier alpha value is -2.81. The Labute approximate surface area is 191 Å². The molecule has 180 valence electrons. The van der Waals surface area contributed by atoms with Crippen molar-refractivity contribution >= 4 is 49.5 Å². The standard InChI is InChI=1S/C18H21F3N6O4S2/c1-4-7-31-16(28)15-23-25-17(32-15)24-22-12-8-11-6-5-10(2)27(3)14(11)9-13(12)26-33(29,30)18(19,20)21/h8-10,26H,4-7H2,1-3H3. The highest BCUT2D eigenvalue weighted by atomic mass is 32.2. The SMILES string of the molecule is CCCOC(=O)c1nnc(N=Nc2cc3c(cc2NS(=O)(=O)C(F)(F)F)N(C)C(C)CC3)s1. The van der Waals surface area contributed by atoms with Crippen LogP contribution in [-0.4, -0.2) is 49.8 Å². The number of aromatic nitrogens is 2. The molecule has 1 aromatic heterocycles. The smallest absolute Gasteiger partial charge is 0.460 e. The molecule has 2 heterocycles. The molecule has 0 saturated carbocycles. The largest absolute Gasteiger partial charge is 0.516 e. The molecule has 0 aliphatic carbocycles. The summed E-state index contributed by atoms with van der Waals surface area (Å²) in [5, 5.41) is 15.0. The third-order valence-electron chi connectivity index (χ3n) is 4.89. The van der Waals surface area contributed by atoms with E-state index in [1.807, 2.05) is 18.7 Å². The normalized spacial score (nSPS) is 16.7. The van der Waals surface area contributed by atoms with E-state index >= 15 is 0 Å². The molecule has 1 aliphatic rings. The number of hydrogen-bond donors (Lipinski definition) is 1. The summed E-state index contributed by atoms with van der Waals surface area (Å²) >= 11 is 0.779. The van der Waals surface area contributed by atoms with Crippen LogP contribution < -0.4 is 9.62 Å². The van der Waals surface area contributed by atoms with Crippen LogP contribution in [0.25, 0.3) is 0 Å². The number of aryl methyl sites for hydroxylation is 1. The Balaban J connectivity index is 1.97. The van der Waals surface area contributed by atoms with Gasteiger partial charge in [0.25, 0.3) is 5.13 Å². The summed E-state index contributed by atoms with van der Waals surface area (Å²) < 4.78 is 68.9. The van der Waals surface area contributed by atoms with E-state index in [0.717, 1.165) is 23.3 Å². The van der Waals surface area contributed by atoms with Gasteiger partial charge in [-0.3, -0.25) is 4.72 Å². The predicted octanol–water partition coefficient (Wildman–Crippen LogP) is 4.55. The van der Waals surface area contributed by atoms with Crippen molar-refractivity contribution in [1.82, 2.24) is 10.2 Å². The molecule has 1 aliphatic heterocycles. The Morgan fingerprint density at radius 3 is 2.73 bits per heavy atom. The number of ether oxygens (including phenoxy) is 1. The summed E-state index contributed by atoms with van der Waals surface area (Å²) in [7, 11) is -3.92. The van der Waals surface area contributed by atoms with E-state index in [1.54, 1.807) is 11.8 Å². The van der Waals surface area contributed by atoms with E-state index in [1.165, 1.54) is 12.1 Å². The molecule has 0 saturated heterocycles. The molecule has 0 fully saturated rings. The fourth-order valence-electron chi connectivity index (χ4n) is 3.00. The first-order valence-electron chi connectivity index (χ1n) is 9.84. The highest BCUT2D eigenvalue weighted by molar-refractivity contribution is 7.93. The Morgan fingerprint density at radius 2 is 2.06 bits per heavy atom. The number of rotatable bonds is 7. The fraction of sp³-hybridized carbons (Fsp3) is 0.500. The number of azo groups is 1. The maximum Gasteiger partial charge on any atom is 0.516 e. The van der Waals surface area contributed by atoms with Gasteiger partial charge >= 0.3 is 21.5 Å². The van der Waals surface area contributed by atoms with Crippen molar-refractivity contribution in [2.24, 2.45) is 10.2 Å². The number of nitrogens with zero attached hydrogens (tertiary/aromatic N) is 5. The van der Waals surface area contributed by atoms with E-state index in [4.69, 9.17) is 4.74 Å². The lowest BCUT2D eigenvalue weighted by Gasteiger charge is -2.34. The van der Waals surface area contributed by atoms with Gasteiger partial charge in [-0.25, -0.2) is 4.79 Å². The molecule has 1 atom stereocenters. The van der Waals surface area contributed by atoms with Crippen molar-refractivity contribution < 1.29 is 31.1 Å². The minimum atomic E-state index is -5.69. The fourth-order valence-corrected chi connectivity index (χ4v) is 4.13. The van der Waals surface area contributed by atoms with Gasteiger partial charge in [0.05, 0.1) is 12.3 Å². The molecule has 15 heteroatoms. The average molecular weight is 507 g/mol. The summed E-state index contributed by atoms with van der Waals surface area (Å²) in [6, 6.07) is 2.90. The number of anilines is 2. The third-order valence-corrected chi connectivity index (χ3v) is 6.77. The molecule has 0 radical (unpaired) electrons. The average Bonchev–Trinajstić information content (AvgIpc) is 3.22. The topological polar surface area (TPSA) is 126 Å². The predicted molar refractivity (Wildman–Crippen MR) is 116 cm³/mol. The number of sulfonamides is 1. The summed E-state index contributed by atoms with van der Waals surface area (Å²) in [4.78, 5) is 13.7. The van der Waals surface area contributed by atoms with Crippen LogP contribution in [0.1, 0.15) is 42.1 Å². The highest BCUT2D eigenvalue weighted by Crippen LogP contribution is 2.40. The zero-order valence-electron chi connectivity index (χ0n) is 17.9. The highest BCUT2D eigenvalue weighted by Gasteiger charge is 2.46. The van der Waals surface area contributed by atoms with Crippen LogP contribution in [0.3, 0.4) is 0 Å².